The van der Waals surface area contributed by atoms with Gasteiger partial charge in [-0.15, -0.1) is 0 Å². The third-order valence-electron chi connectivity index (χ3n) is 3.90. The second-order valence-corrected chi connectivity index (χ2v) is 5.74. The molecule has 1 aliphatic rings. The first kappa shape index (κ1) is 13.9. The van der Waals surface area contributed by atoms with Gasteiger partial charge in [0.15, 0.2) is 0 Å². The Morgan fingerprint density at radius 3 is 2.68 bits per heavy atom. The number of rotatable bonds is 5. The minimum atomic E-state index is 0.0340. The van der Waals surface area contributed by atoms with Crippen LogP contribution in [0.1, 0.15) is 39.4 Å². The number of hydrogen-bond acceptors (Lipinski definition) is 2. The molecule has 1 atom stereocenters. The predicted octanol–water partition coefficient (Wildman–Crippen LogP) is 2.14. The Kier molecular flexibility index (Phi) is 4.12. The van der Waals surface area contributed by atoms with E-state index >= 15 is 0 Å². The average Bonchev–Trinajstić information content (AvgIpc) is 3.10. The lowest BCUT2D eigenvalue weighted by atomic mass is 10.0. The summed E-state index contributed by atoms with van der Waals surface area (Å²) in [5.74, 6) is 1.35. The molecule has 5 nitrogen and oxygen atoms in total. The highest BCUT2D eigenvalue weighted by atomic mass is 16.2. The predicted molar refractivity (Wildman–Crippen MR) is 74.6 cm³/mol. The molecule has 1 N–H and O–H groups in total. The number of carbonyl (C=O) groups excluding carboxylic acids is 1. The first-order valence-electron chi connectivity index (χ1n) is 7.03. The van der Waals surface area contributed by atoms with Crippen LogP contribution < -0.4 is 5.32 Å². The molecule has 19 heavy (non-hydrogen) atoms. The van der Waals surface area contributed by atoms with Gasteiger partial charge in [0.05, 0.1) is 6.54 Å². The van der Waals surface area contributed by atoms with Crippen LogP contribution in [0.15, 0.2) is 12.4 Å². The topological polar surface area (TPSA) is 50.2 Å². The monoisotopic (exact) mass is 264 g/mol. The smallest absolute Gasteiger partial charge is 0.318 e. The molecular formula is C14H24N4O. The molecule has 2 amide bonds. The van der Waals surface area contributed by atoms with E-state index in [0.29, 0.717) is 18.5 Å². The quantitative estimate of drug-likeness (QED) is 0.885. The molecule has 0 aliphatic heterocycles. The van der Waals surface area contributed by atoms with Gasteiger partial charge in [0.25, 0.3) is 0 Å². The van der Waals surface area contributed by atoms with Crippen LogP contribution in [0.25, 0.3) is 0 Å². The van der Waals surface area contributed by atoms with Crippen LogP contribution in [0.2, 0.25) is 0 Å². The lowest BCUT2D eigenvalue weighted by molar-refractivity contribution is 0.156. The van der Waals surface area contributed by atoms with Gasteiger partial charge >= 0.3 is 6.03 Å². The van der Waals surface area contributed by atoms with Crippen molar-refractivity contribution in [2.75, 3.05) is 0 Å². The van der Waals surface area contributed by atoms with Gasteiger partial charge in [0, 0.05) is 31.5 Å². The van der Waals surface area contributed by atoms with Gasteiger partial charge in [-0.3, -0.25) is 0 Å². The summed E-state index contributed by atoms with van der Waals surface area (Å²) < 4.78 is 1.92. The van der Waals surface area contributed by atoms with Gasteiger partial charge in [-0.2, -0.15) is 0 Å². The standard InChI is InChI=1S/C14H24N4O/c1-10(2)11(3)18(12-5-6-12)14(19)16-9-13-15-7-8-17(13)4/h7-8,10-12H,5-6,9H2,1-4H3,(H,16,19)/t11-/m0/s1. The van der Waals surface area contributed by atoms with Gasteiger partial charge in [0.1, 0.15) is 5.82 Å². The van der Waals surface area contributed by atoms with Crippen LogP contribution in [-0.2, 0) is 13.6 Å². The number of aromatic nitrogens is 2. The van der Waals surface area contributed by atoms with Crippen molar-refractivity contribution in [1.29, 1.82) is 0 Å². The number of amides is 2. The highest BCUT2D eigenvalue weighted by molar-refractivity contribution is 5.75. The number of urea groups is 1. The van der Waals surface area contributed by atoms with Crippen LogP contribution in [-0.4, -0.2) is 32.6 Å². The Labute approximate surface area is 115 Å². The average molecular weight is 264 g/mol. The van der Waals surface area contributed by atoms with Crippen LogP contribution in [0.4, 0.5) is 4.79 Å². The zero-order chi connectivity index (χ0) is 14.0. The van der Waals surface area contributed by atoms with Crippen LogP contribution in [0, 0.1) is 5.92 Å². The van der Waals surface area contributed by atoms with Gasteiger partial charge < -0.3 is 14.8 Å². The van der Waals surface area contributed by atoms with Gasteiger partial charge in [-0.25, -0.2) is 9.78 Å². The maximum Gasteiger partial charge on any atom is 0.318 e. The van der Waals surface area contributed by atoms with Crippen molar-refractivity contribution in [3.8, 4) is 0 Å². The summed E-state index contributed by atoms with van der Waals surface area (Å²) in [5, 5.41) is 2.99. The summed E-state index contributed by atoms with van der Waals surface area (Å²) in [5.41, 5.74) is 0. The molecule has 106 valence electrons. The fraction of sp³-hybridized carbons (Fsp3) is 0.714. The molecule has 0 radical (unpaired) electrons. The van der Waals surface area contributed by atoms with Crippen LogP contribution in [0.5, 0.6) is 0 Å². The van der Waals surface area contributed by atoms with E-state index in [2.05, 4.69) is 31.1 Å². The van der Waals surface area contributed by atoms with E-state index in [-0.39, 0.29) is 12.1 Å². The Hall–Kier alpha value is -1.52. The molecule has 1 fully saturated rings. The molecule has 0 bridgehead atoms. The van der Waals surface area contributed by atoms with E-state index in [1.807, 2.05) is 22.7 Å². The fourth-order valence-corrected chi connectivity index (χ4v) is 2.17. The Bertz CT molecular complexity index is 436. The summed E-state index contributed by atoms with van der Waals surface area (Å²) in [6.07, 6.45) is 5.90. The van der Waals surface area contributed by atoms with Gasteiger partial charge in [0.2, 0.25) is 0 Å². The molecule has 5 heteroatoms. The van der Waals surface area contributed by atoms with Crippen molar-refractivity contribution in [2.45, 2.75) is 52.2 Å². The first-order chi connectivity index (χ1) is 9.00. The molecule has 1 saturated carbocycles. The summed E-state index contributed by atoms with van der Waals surface area (Å²) >= 11 is 0. The highest BCUT2D eigenvalue weighted by Gasteiger charge is 2.36. The SMILES string of the molecule is CC(C)[C@H](C)N(C(=O)NCc1nccn1C)C1CC1. The van der Waals surface area contributed by atoms with Gasteiger partial charge in [-0.05, 0) is 25.7 Å². The Balaban J connectivity index is 1.94. The minimum Gasteiger partial charge on any atom is -0.337 e. The number of hydrogen-bond donors (Lipinski definition) is 1. The maximum absolute atomic E-state index is 12.4. The van der Waals surface area contributed by atoms with Crippen molar-refractivity contribution >= 4 is 6.03 Å². The third-order valence-corrected chi connectivity index (χ3v) is 3.90. The van der Waals surface area contributed by atoms with E-state index in [1.54, 1.807) is 6.20 Å². The molecule has 0 spiro atoms. The molecular weight excluding hydrogens is 240 g/mol. The normalized spacial score (nSPS) is 16.5. The minimum absolute atomic E-state index is 0.0340. The van der Waals surface area contributed by atoms with Crippen LogP contribution in [0.3, 0.4) is 0 Å². The zero-order valence-electron chi connectivity index (χ0n) is 12.3. The molecule has 0 unspecified atom stereocenters. The van der Waals surface area contributed by atoms with E-state index in [4.69, 9.17) is 0 Å². The van der Waals surface area contributed by atoms with Gasteiger partial charge in [-0.1, -0.05) is 13.8 Å². The van der Waals surface area contributed by atoms with Crippen molar-refractivity contribution in [3.63, 3.8) is 0 Å². The van der Waals surface area contributed by atoms with Crippen molar-refractivity contribution in [3.05, 3.63) is 18.2 Å². The van der Waals surface area contributed by atoms with E-state index in [9.17, 15) is 4.79 Å². The lowest BCUT2D eigenvalue weighted by Gasteiger charge is -2.32. The molecule has 1 aromatic rings. The second-order valence-electron chi connectivity index (χ2n) is 5.74. The molecule has 1 heterocycles. The van der Waals surface area contributed by atoms with E-state index < -0.39 is 0 Å². The van der Waals surface area contributed by atoms with Crippen molar-refractivity contribution in [2.24, 2.45) is 13.0 Å². The molecule has 0 aromatic carbocycles. The summed E-state index contributed by atoms with van der Waals surface area (Å²) in [4.78, 5) is 18.6. The van der Waals surface area contributed by atoms with Crippen molar-refractivity contribution < 1.29 is 4.79 Å². The van der Waals surface area contributed by atoms with Crippen LogP contribution >= 0.6 is 0 Å². The Morgan fingerprint density at radius 2 is 2.21 bits per heavy atom. The molecule has 2 rings (SSSR count). The van der Waals surface area contributed by atoms with E-state index in [0.717, 1.165) is 18.7 Å². The highest BCUT2D eigenvalue weighted by Crippen LogP contribution is 2.30. The molecule has 0 saturated heterocycles. The first-order valence-corrected chi connectivity index (χ1v) is 7.03. The number of imidazole rings is 1. The summed E-state index contributed by atoms with van der Waals surface area (Å²) in [6.45, 7) is 6.93. The molecule has 1 aromatic heterocycles. The second kappa shape index (κ2) is 5.63. The van der Waals surface area contributed by atoms with E-state index in [1.165, 1.54) is 0 Å². The number of aryl methyl sites for hydroxylation is 1. The number of nitrogens with one attached hydrogen (secondary N) is 1. The Morgan fingerprint density at radius 1 is 1.53 bits per heavy atom. The zero-order valence-corrected chi connectivity index (χ0v) is 12.3. The third kappa shape index (κ3) is 3.28. The lowest BCUT2D eigenvalue weighted by Crippen LogP contribution is -2.48. The largest absolute Gasteiger partial charge is 0.337 e. The summed E-state index contributed by atoms with van der Waals surface area (Å²) in [6, 6.07) is 0.736. The summed E-state index contributed by atoms with van der Waals surface area (Å²) in [7, 11) is 1.93. The fourth-order valence-electron chi connectivity index (χ4n) is 2.17. The molecule has 1 aliphatic carbocycles. The van der Waals surface area contributed by atoms with Crippen molar-refractivity contribution in [1.82, 2.24) is 19.8 Å². The maximum atomic E-state index is 12.4. The number of carbonyl (C=O) groups is 1. The number of nitrogens with zero attached hydrogens (tertiary/aromatic N) is 3.